The molecule has 1 aliphatic heterocycles. The molecule has 2 aliphatic rings. The van der Waals surface area contributed by atoms with Gasteiger partial charge in [0, 0.05) is 50.4 Å². The van der Waals surface area contributed by atoms with Crippen molar-refractivity contribution in [2.24, 2.45) is 11.7 Å². The first-order valence-corrected chi connectivity index (χ1v) is 10.2. The van der Waals surface area contributed by atoms with Crippen LogP contribution < -0.4 is 16.0 Å². The lowest BCUT2D eigenvalue weighted by atomic mass is 9.85. The Morgan fingerprint density at radius 2 is 1.86 bits per heavy atom. The van der Waals surface area contributed by atoms with Gasteiger partial charge in [0.25, 0.3) is 0 Å². The zero-order chi connectivity index (χ0) is 18.4. The minimum atomic E-state index is 0. The van der Waals surface area contributed by atoms with Crippen LogP contribution in [0.3, 0.4) is 0 Å². The molecule has 2 fully saturated rings. The monoisotopic (exact) mass is 466 g/mol. The van der Waals surface area contributed by atoms with E-state index in [0.29, 0.717) is 0 Å². The average molecular weight is 468 g/mol. The number of hydrogen-bond acceptors (Lipinski definition) is 4. The number of piperazine rings is 1. The van der Waals surface area contributed by atoms with Crippen molar-refractivity contribution in [2.75, 3.05) is 44.2 Å². The van der Waals surface area contributed by atoms with Gasteiger partial charge < -0.3 is 16.0 Å². The van der Waals surface area contributed by atoms with E-state index in [9.17, 15) is 4.79 Å². The van der Waals surface area contributed by atoms with Crippen LogP contribution in [0.25, 0.3) is 0 Å². The molecule has 0 radical (unpaired) electrons. The molecule has 2 atom stereocenters. The molecule has 5 nitrogen and oxygen atoms in total. The first-order valence-electron chi connectivity index (χ1n) is 10.2. The van der Waals surface area contributed by atoms with Crippen LogP contribution >= 0.6 is 37.2 Å². The zero-order valence-corrected chi connectivity index (χ0v) is 19.8. The summed E-state index contributed by atoms with van der Waals surface area (Å²) in [5.41, 5.74) is 8.64. The summed E-state index contributed by atoms with van der Waals surface area (Å²) in [6.45, 7) is 8.34. The van der Waals surface area contributed by atoms with Crippen LogP contribution in [0.4, 0.5) is 5.69 Å². The van der Waals surface area contributed by atoms with Gasteiger partial charge in [-0.15, -0.1) is 37.2 Å². The number of nitrogens with zero attached hydrogens (tertiary/aromatic N) is 2. The number of rotatable bonds is 6. The molecule has 1 aromatic rings. The summed E-state index contributed by atoms with van der Waals surface area (Å²) >= 11 is 0. The predicted octanol–water partition coefficient (Wildman–Crippen LogP) is 3.41. The molecule has 1 aromatic carbocycles. The van der Waals surface area contributed by atoms with E-state index in [1.54, 1.807) is 0 Å². The lowest BCUT2D eigenvalue weighted by Gasteiger charge is -2.36. The average Bonchev–Trinajstić information content (AvgIpc) is 2.65. The van der Waals surface area contributed by atoms with Crippen molar-refractivity contribution in [3.05, 3.63) is 29.8 Å². The van der Waals surface area contributed by atoms with Gasteiger partial charge >= 0.3 is 0 Å². The summed E-state index contributed by atoms with van der Waals surface area (Å²) in [7, 11) is 0. The smallest absolute Gasteiger partial charge is 0.223 e. The van der Waals surface area contributed by atoms with E-state index in [2.05, 4.69) is 46.3 Å². The predicted molar refractivity (Wildman–Crippen MR) is 129 cm³/mol. The highest BCUT2D eigenvalue weighted by Crippen LogP contribution is 2.23. The lowest BCUT2D eigenvalue weighted by molar-refractivity contribution is -0.126. The van der Waals surface area contributed by atoms with Gasteiger partial charge in [-0.2, -0.15) is 0 Å². The first-order chi connectivity index (χ1) is 12.6. The Balaban J connectivity index is 0.00000261. The molecule has 1 amide bonds. The maximum atomic E-state index is 12.2. The summed E-state index contributed by atoms with van der Waals surface area (Å²) in [6.07, 6.45) is 5.03. The highest BCUT2D eigenvalue weighted by atomic mass is 35.5. The molecule has 0 bridgehead atoms. The van der Waals surface area contributed by atoms with Gasteiger partial charge in [0.05, 0.1) is 0 Å². The van der Waals surface area contributed by atoms with Gasteiger partial charge in [-0.25, -0.2) is 0 Å². The van der Waals surface area contributed by atoms with Crippen LogP contribution in [0.1, 0.15) is 37.7 Å². The molecule has 29 heavy (non-hydrogen) atoms. The fraction of sp³-hybridized carbons (Fsp3) is 0.667. The number of carbonyl (C=O) groups excluding carboxylic acids is 1. The van der Waals surface area contributed by atoms with E-state index in [-0.39, 0.29) is 55.1 Å². The summed E-state index contributed by atoms with van der Waals surface area (Å²) in [4.78, 5) is 17.2. The number of nitrogens with one attached hydrogen (secondary N) is 1. The standard InChI is InChI=1S/C21H34N4O.3ClH/c1-17-5-2-8-20(15-17)25-13-11-24(12-14-25)10-4-9-23-21(26)18-6-3-7-19(22)16-18;;;/h2,5,8,15,18-19H,3-4,6-7,9-14,16,22H2,1H3,(H,23,26);3*1H. The Morgan fingerprint density at radius 3 is 2.52 bits per heavy atom. The normalized spacial score (nSPS) is 21.9. The van der Waals surface area contributed by atoms with E-state index >= 15 is 0 Å². The van der Waals surface area contributed by atoms with Crippen molar-refractivity contribution >= 4 is 48.8 Å². The Bertz CT molecular complexity index is 597. The number of anilines is 1. The fourth-order valence-corrected chi connectivity index (χ4v) is 4.18. The Kier molecular flexibility index (Phi) is 14.0. The quantitative estimate of drug-likeness (QED) is 0.629. The van der Waals surface area contributed by atoms with Crippen LogP contribution in [0.2, 0.25) is 0 Å². The molecule has 1 saturated heterocycles. The third kappa shape index (κ3) is 8.89. The maximum absolute atomic E-state index is 12.2. The number of nitrogens with two attached hydrogens (primary N) is 1. The van der Waals surface area contributed by atoms with Crippen molar-refractivity contribution < 1.29 is 4.79 Å². The molecule has 3 N–H and O–H groups in total. The summed E-state index contributed by atoms with van der Waals surface area (Å²) < 4.78 is 0. The SMILES string of the molecule is Cc1cccc(N2CCN(CCCNC(=O)C3CCCC(N)C3)CC2)c1.Cl.Cl.Cl. The zero-order valence-electron chi connectivity index (χ0n) is 17.3. The molecule has 1 heterocycles. The minimum Gasteiger partial charge on any atom is -0.369 e. The van der Waals surface area contributed by atoms with Crippen LogP contribution in [0.15, 0.2) is 24.3 Å². The first kappa shape index (κ1) is 28.3. The van der Waals surface area contributed by atoms with Gasteiger partial charge in [-0.05, 0) is 56.8 Å². The molecule has 0 spiro atoms. The topological polar surface area (TPSA) is 61.6 Å². The molecular weight excluding hydrogens is 431 g/mol. The fourth-order valence-electron chi connectivity index (χ4n) is 4.18. The van der Waals surface area contributed by atoms with Gasteiger partial charge in [-0.1, -0.05) is 18.6 Å². The third-order valence-corrected chi connectivity index (χ3v) is 5.78. The molecule has 0 aromatic heterocycles. The summed E-state index contributed by atoms with van der Waals surface area (Å²) in [5.74, 6) is 0.348. The van der Waals surface area contributed by atoms with E-state index in [1.165, 1.54) is 11.3 Å². The van der Waals surface area contributed by atoms with Crippen molar-refractivity contribution in [1.29, 1.82) is 0 Å². The molecular formula is C21H37Cl3N4O. The van der Waals surface area contributed by atoms with Crippen molar-refractivity contribution in [2.45, 2.75) is 45.1 Å². The van der Waals surface area contributed by atoms with Crippen LogP contribution in [0, 0.1) is 12.8 Å². The number of carbonyl (C=O) groups is 1. The number of aryl methyl sites for hydroxylation is 1. The van der Waals surface area contributed by atoms with Gasteiger partial charge in [0.2, 0.25) is 5.91 Å². The van der Waals surface area contributed by atoms with Crippen molar-refractivity contribution in [1.82, 2.24) is 10.2 Å². The summed E-state index contributed by atoms with van der Waals surface area (Å²) in [6, 6.07) is 8.97. The largest absolute Gasteiger partial charge is 0.369 e. The second-order valence-corrected chi connectivity index (χ2v) is 7.94. The second kappa shape index (κ2) is 14.3. The van der Waals surface area contributed by atoms with E-state index < -0.39 is 0 Å². The van der Waals surface area contributed by atoms with Crippen LogP contribution in [-0.2, 0) is 4.79 Å². The number of amides is 1. The lowest BCUT2D eigenvalue weighted by Crippen LogP contribution is -2.47. The Hall–Kier alpha value is -0.720. The molecule has 2 unspecified atom stereocenters. The number of halogens is 3. The summed E-state index contributed by atoms with van der Waals surface area (Å²) in [5, 5.41) is 3.12. The molecule has 8 heteroatoms. The maximum Gasteiger partial charge on any atom is 0.223 e. The third-order valence-electron chi connectivity index (χ3n) is 5.78. The van der Waals surface area contributed by atoms with Gasteiger partial charge in [-0.3, -0.25) is 9.69 Å². The molecule has 3 rings (SSSR count). The second-order valence-electron chi connectivity index (χ2n) is 7.94. The van der Waals surface area contributed by atoms with Gasteiger partial charge in [0.15, 0.2) is 0 Å². The molecule has 168 valence electrons. The van der Waals surface area contributed by atoms with Gasteiger partial charge in [0.1, 0.15) is 0 Å². The molecule has 1 aliphatic carbocycles. The van der Waals surface area contributed by atoms with Crippen LogP contribution in [-0.4, -0.2) is 56.1 Å². The van der Waals surface area contributed by atoms with Crippen molar-refractivity contribution in [3.8, 4) is 0 Å². The molecule has 1 saturated carbocycles. The van der Waals surface area contributed by atoms with E-state index in [4.69, 9.17) is 5.73 Å². The Morgan fingerprint density at radius 1 is 1.14 bits per heavy atom. The highest BCUT2D eigenvalue weighted by molar-refractivity contribution is 5.86. The number of hydrogen-bond donors (Lipinski definition) is 2. The van der Waals surface area contributed by atoms with Crippen LogP contribution in [0.5, 0.6) is 0 Å². The Labute approximate surface area is 194 Å². The number of benzene rings is 1. The highest BCUT2D eigenvalue weighted by Gasteiger charge is 2.25. The van der Waals surface area contributed by atoms with Crippen molar-refractivity contribution in [3.63, 3.8) is 0 Å². The minimum absolute atomic E-state index is 0. The van der Waals surface area contributed by atoms with E-state index in [0.717, 1.165) is 71.4 Å². The van der Waals surface area contributed by atoms with E-state index in [1.807, 2.05) is 0 Å².